The molecule has 0 aliphatic heterocycles. The van der Waals surface area contributed by atoms with Gasteiger partial charge in [-0.25, -0.2) is 0 Å². The first-order chi connectivity index (χ1) is 15.1. The number of carbonyl (C=O) groups excluding carboxylic acids is 1. The summed E-state index contributed by atoms with van der Waals surface area (Å²) in [5.41, 5.74) is 4.93. The zero-order valence-corrected chi connectivity index (χ0v) is 17.8. The van der Waals surface area contributed by atoms with E-state index in [1.54, 1.807) is 6.20 Å². The first-order valence-electron chi connectivity index (χ1n) is 10.7. The van der Waals surface area contributed by atoms with Gasteiger partial charge in [0.15, 0.2) is 5.82 Å². The molecule has 31 heavy (non-hydrogen) atoms. The van der Waals surface area contributed by atoms with Crippen LogP contribution in [0.3, 0.4) is 0 Å². The molecule has 1 aromatic carbocycles. The van der Waals surface area contributed by atoms with Gasteiger partial charge in [-0.05, 0) is 32.6 Å². The Labute approximate surface area is 183 Å². The Morgan fingerprint density at radius 1 is 0.903 bits per heavy atom. The summed E-state index contributed by atoms with van der Waals surface area (Å²) in [5, 5.41) is 10.0. The van der Waals surface area contributed by atoms with E-state index in [1.807, 2.05) is 37.3 Å². The molecule has 5 heteroatoms. The quantitative estimate of drug-likeness (QED) is 0.521. The van der Waals surface area contributed by atoms with Crippen molar-refractivity contribution < 1.29 is 4.79 Å². The number of carbonyl (C=O) groups is 1. The normalized spacial score (nSPS) is 26.5. The summed E-state index contributed by atoms with van der Waals surface area (Å²) in [7, 11) is 0. The number of nitrogens with one attached hydrogen (secondary N) is 2. The Morgan fingerprint density at radius 2 is 1.58 bits per heavy atom. The zero-order chi connectivity index (χ0) is 21.6. The lowest BCUT2D eigenvalue weighted by Crippen LogP contribution is -2.41. The van der Waals surface area contributed by atoms with Gasteiger partial charge in [0, 0.05) is 16.2 Å². The highest BCUT2D eigenvalue weighted by Gasteiger charge is 2.42. The summed E-state index contributed by atoms with van der Waals surface area (Å²) in [6.45, 7) is 1.97. The standard InChI is InChI=1S/C26H28N4O/c1-25(24(31)30-29-23-22-14-10-9-13-21(22)19-27-28-23)17-18-26(20-25)15-11-7-5-3-2-4-6-8-12-16-26/h3-6,9-19H,2,7-8,20H2,1H3,(H,28,29)(H,30,31)/b5-3-,6-4-,15-11-,16-12-. The highest BCUT2D eigenvalue weighted by Crippen LogP contribution is 2.46. The second-order valence-corrected chi connectivity index (χ2v) is 8.35. The molecule has 4 rings (SSSR count). The fourth-order valence-electron chi connectivity index (χ4n) is 4.11. The number of allylic oxidation sites excluding steroid dienone is 9. The van der Waals surface area contributed by atoms with Crippen LogP contribution >= 0.6 is 0 Å². The van der Waals surface area contributed by atoms with Gasteiger partial charge >= 0.3 is 0 Å². The largest absolute Gasteiger partial charge is 0.280 e. The van der Waals surface area contributed by atoms with Crippen LogP contribution in [0.15, 0.2) is 91.2 Å². The predicted octanol–water partition coefficient (Wildman–Crippen LogP) is 5.43. The number of rotatable bonds is 3. The lowest BCUT2D eigenvalue weighted by atomic mass is 9.77. The van der Waals surface area contributed by atoms with Crippen molar-refractivity contribution in [2.24, 2.45) is 10.8 Å². The van der Waals surface area contributed by atoms with Crippen LogP contribution in [-0.2, 0) is 4.79 Å². The van der Waals surface area contributed by atoms with E-state index in [9.17, 15) is 4.79 Å². The Kier molecular flexibility index (Phi) is 6.12. The maximum Gasteiger partial charge on any atom is 0.248 e. The SMILES string of the molecule is CC1(C(=O)NNc2nncc3ccccc23)C=CC2(/C=C\C/C=C\C/C=C\C/C=C\2)C1. The van der Waals surface area contributed by atoms with Crippen LogP contribution in [0, 0.1) is 10.8 Å². The molecule has 1 spiro atoms. The van der Waals surface area contributed by atoms with Crippen LogP contribution < -0.4 is 10.9 Å². The van der Waals surface area contributed by atoms with Crippen LogP contribution in [-0.4, -0.2) is 16.1 Å². The van der Waals surface area contributed by atoms with Crippen molar-refractivity contribution in [3.63, 3.8) is 0 Å². The van der Waals surface area contributed by atoms with Gasteiger partial charge in [0.1, 0.15) is 0 Å². The number of aromatic nitrogens is 2. The average molecular weight is 413 g/mol. The molecule has 1 atom stereocenters. The first-order valence-corrected chi connectivity index (χ1v) is 10.7. The summed E-state index contributed by atoms with van der Waals surface area (Å²) < 4.78 is 0. The minimum Gasteiger partial charge on any atom is -0.280 e. The highest BCUT2D eigenvalue weighted by atomic mass is 16.2. The van der Waals surface area contributed by atoms with Crippen LogP contribution in [0.2, 0.25) is 0 Å². The summed E-state index contributed by atoms with van der Waals surface area (Å²) in [4.78, 5) is 13.1. The maximum absolute atomic E-state index is 13.1. The van der Waals surface area contributed by atoms with Gasteiger partial charge in [0.25, 0.3) is 0 Å². The monoisotopic (exact) mass is 412 g/mol. The van der Waals surface area contributed by atoms with Gasteiger partial charge in [-0.15, -0.1) is 5.10 Å². The molecule has 2 aliphatic rings. The lowest BCUT2D eigenvalue weighted by molar-refractivity contribution is -0.127. The number of nitrogens with zero attached hydrogens (tertiary/aromatic N) is 2. The molecule has 2 aromatic rings. The predicted molar refractivity (Wildman–Crippen MR) is 126 cm³/mol. The summed E-state index contributed by atoms with van der Waals surface area (Å²) in [6.07, 6.45) is 26.8. The molecule has 158 valence electrons. The van der Waals surface area contributed by atoms with Crippen molar-refractivity contribution in [1.29, 1.82) is 0 Å². The first kappa shape index (κ1) is 20.8. The molecule has 0 fully saturated rings. The third-order valence-electron chi connectivity index (χ3n) is 5.82. The summed E-state index contributed by atoms with van der Waals surface area (Å²) in [5.74, 6) is 0.444. The topological polar surface area (TPSA) is 66.9 Å². The number of benzene rings is 1. The minimum absolute atomic E-state index is 0.0944. The number of hydrogen-bond acceptors (Lipinski definition) is 4. The average Bonchev–Trinajstić information content (AvgIpc) is 3.13. The zero-order valence-electron chi connectivity index (χ0n) is 17.8. The number of fused-ring (bicyclic) bond motifs is 1. The molecule has 2 aliphatic carbocycles. The van der Waals surface area contributed by atoms with E-state index in [2.05, 4.69) is 75.7 Å². The van der Waals surface area contributed by atoms with Crippen molar-refractivity contribution in [1.82, 2.24) is 15.6 Å². The van der Waals surface area contributed by atoms with Gasteiger partial charge in [-0.2, -0.15) is 5.10 Å². The molecule has 1 amide bonds. The maximum atomic E-state index is 13.1. The van der Waals surface area contributed by atoms with E-state index < -0.39 is 5.41 Å². The highest BCUT2D eigenvalue weighted by molar-refractivity contribution is 5.92. The smallest absolute Gasteiger partial charge is 0.248 e. The fraction of sp³-hybridized carbons (Fsp3) is 0.269. The fourth-order valence-corrected chi connectivity index (χ4v) is 4.11. The van der Waals surface area contributed by atoms with Crippen LogP contribution in [0.25, 0.3) is 10.8 Å². The number of hydrazine groups is 1. The van der Waals surface area contributed by atoms with E-state index >= 15 is 0 Å². The second kappa shape index (κ2) is 9.13. The molecule has 2 N–H and O–H groups in total. The third kappa shape index (κ3) is 4.82. The van der Waals surface area contributed by atoms with Crippen molar-refractivity contribution in [3.8, 4) is 0 Å². The number of amides is 1. The van der Waals surface area contributed by atoms with Crippen LogP contribution in [0.4, 0.5) is 5.82 Å². The molecule has 0 radical (unpaired) electrons. The van der Waals surface area contributed by atoms with Crippen LogP contribution in [0.5, 0.6) is 0 Å². The van der Waals surface area contributed by atoms with Gasteiger partial charge in [-0.1, -0.05) is 85.0 Å². The Hall–Kier alpha value is -3.47. The van der Waals surface area contributed by atoms with Gasteiger partial charge in [0.05, 0.1) is 11.6 Å². The molecule has 0 bridgehead atoms. The number of anilines is 1. The molecule has 1 aromatic heterocycles. The number of hydrogen-bond donors (Lipinski definition) is 2. The molecular weight excluding hydrogens is 384 g/mol. The molecule has 1 heterocycles. The van der Waals surface area contributed by atoms with E-state index in [0.717, 1.165) is 30.0 Å². The van der Waals surface area contributed by atoms with Crippen molar-refractivity contribution in [2.45, 2.75) is 32.6 Å². The Morgan fingerprint density at radius 3 is 2.32 bits per heavy atom. The van der Waals surface area contributed by atoms with E-state index in [-0.39, 0.29) is 11.3 Å². The third-order valence-corrected chi connectivity index (χ3v) is 5.82. The van der Waals surface area contributed by atoms with Gasteiger partial charge < -0.3 is 0 Å². The van der Waals surface area contributed by atoms with Gasteiger partial charge in [0.2, 0.25) is 5.91 Å². The van der Waals surface area contributed by atoms with Gasteiger partial charge in [-0.3, -0.25) is 15.6 Å². The van der Waals surface area contributed by atoms with E-state index in [0.29, 0.717) is 12.2 Å². The molecule has 0 saturated heterocycles. The summed E-state index contributed by atoms with van der Waals surface area (Å²) in [6, 6.07) is 7.81. The lowest BCUT2D eigenvalue weighted by Gasteiger charge is -2.27. The Bertz CT molecular complexity index is 1070. The van der Waals surface area contributed by atoms with Crippen molar-refractivity contribution in [2.75, 3.05) is 5.43 Å². The minimum atomic E-state index is -0.636. The van der Waals surface area contributed by atoms with E-state index in [1.165, 1.54) is 0 Å². The Balaban J connectivity index is 1.48. The van der Waals surface area contributed by atoms with E-state index in [4.69, 9.17) is 0 Å². The molecule has 0 saturated carbocycles. The molecule has 5 nitrogen and oxygen atoms in total. The van der Waals surface area contributed by atoms with Crippen molar-refractivity contribution in [3.05, 3.63) is 91.2 Å². The summed E-state index contributed by atoms with van der Waals surface area (Å²) >= 11 is 0. The van der Waals surface area contributed by atoms with Crippen LogP contribution in [0.1, 0.15) is 32.6 Å². The molecular formula is C26H28N4O. The second-order valence-electron chi connectivity index (χ2n) is 8.35. The van der Waals surface area contributed by atoms with Crippen molar-refractivity contribution >= 4 is 22.5 Å². The molecule has 1 unspecified atom stereocenters.